The highest BCUT2D eigenvalue weighted by Gasteiger charge is 2.07. The lowest BCUT2D eigenvalue weighted by atomic mass is 10.1. The van der Waals surface area contributed by atoms with Crippen LogP contribution in [0, 0.1) is 0 Å². The number of rotatable bonds is 10. The van der Waals surface area contributed by atoms with Crippen LogP contribution in [-0.4, -0.2) is 42.0 Å². The van der Waals surface area contributed by atoms with Crippen molar-refractivity contribution in [2.24, 2.45) is 0 Å². The van der Waals surface area contributed by atoms with Crippen molar-refractivity contribution in [1.82, 2.24) is 10.2 Å². The fourth-order valence-electron chi connectivity index (χ4n) is 1.76. The van der Waals surface area contributed by atoms with Gasteiger partial charge in [-0.1, -0.05) is 53.4 Å². The Morgan fingerprint density at radius 2 is 2.14 bits per heavy atom. The molecule has 0 fully saturated rings. The SMILES string of the molecule is COCCNc1nnc(SCCCC(=O)c2ccccc2)s1. The van der Waals surface area contributed by atoms with Crippen LogP contribution in [0.3, 0.4) is 0 Å². The first kappa shape index (κ1) is 16.9. The third-order valence-corrected chi connectivity index (χ3v) is 4.96. The summed E-state index contributed by atoms with van der Waals surface area (Å²) in [5.74, 6) is 1.06. The number of Topliss-reactive ketones (excluding diaryl/α,β-unsaturated/α-hetero) is 1. The molecule has 2 rings (SSSR count). The molecule has 1 aromatic heterocycles. The van der Waals surface area contributed by atoms with Crippen LogP contribution in [0.5, 0.6) is 0 Å². The normalized spacial score (nSPS) is 10.6. The Morgan fingerprint density at radius 1 is 1.32 bits per heavy atom. The van der Waals surface area contributed by atoms with Gasteiger partial charge in [-0.05, 0) is 6.42 Å². The van der Waals surface area contributed by atoms with Crippen LogP contribution in [0.25, 0.3) is 0 Å². The molecule has 0 spiro atoms. The number of benzene rings is 1. The Morgan fingerprint density at radius 3 is 2.91 bits per heavy atom. The van der Waals surface area contributed by atoms with E-state index >= 15 is 0 Å². The number of nitrogens with zero attached hydrogens (tertiary/aromatic N) is 2. The maximum absolute atomic E-state index is 12.0. The maximum atomic E-state index is 12.0. The van der Waals surface area contributed by atoms with Crippen LogP contribution in [0.2, 0.25) is 0 Å². The van der Waals surface area contributed by atoms with Gasteiger partial charge in [0.15, 0.2) is 10.1 Å². The molecule has 1 heterocycles. The van der Waals surface area contributed by atoms with Crippen molar-refractivity contribution in [3.8, 4) is 0 Å². The van der Waals surface area contributed by atoms with Gasteiger partial charge in [-0.25, -0.2) is 0 Å². The van der Waals surface area contributed by atoms with E-state index in [9.17, 15) is 4.79 Å². The van der Waals surface area contributed by atoms with E-state index < -0.39 is 0 Å². The quantitative estimate of drug-likeness (QED) is 0.407. The lowest BCUT2D eigenvalue weighted by Crippen LogP contribution is -2.06. The molecule has 0 saturated heterocycles. The number of hydrogen-bond donors (Lipinski definition) is 1. The molecule has 0 aliphatic rings. The summed E-state index contributed by atoms with van der Waals surface area (Å²) in [7, 11) is 1.67. The second-order valence-electron chi connectivity index (χ2n) is 4.53. The second kappa shape index (κ2) is 9.55. The van der Waals surface area contributed by atoms with E-state index in [0.29, 0.717) is 13.0 Å². The number of hydrogen-bond acceptors (Lipinski definition) is 7. The van der Waals surface area contributed by atoms with E-state index in [4.69, 9.17) is 4.74 Å². The number of thioether (sulfide) groups is 1. The van der Waals surface area contributed by atoms with Crippen molar-refractivity contribution in [2.45, 2.75) is 17.2 Å². The highest BCUT2D eigenvalue weighted by molar-refractivity contribution is 8.01. The summed E-state index contributed by atoms with van der Waals surface area (Å²) in [6, 6.07) is 9.42. The molecule has 0 saturated carbocycles. The lowest BCUT2D eigenvalue weighted by molar-refractivity contribution is 0.0982. The first-order valence-corrected chi connectivity index (χ1v) is 8.87. The van der Waals surface area contributed by atoms with Crippen molar-refractivity contribution in [3.63, 3.8) is 0 Å². The van der Waals surface area contributed by atoms with E-state index in [1.54, 1.807) is 18.9 Å². The van der Waals surface area contributed by atoms with Gasteiger partial charge in [0, 0.05) is 31.4 Å². The summed E-state index contributed by atoms with van der Waals surface area (Å²) in [4.78, 5) is 12.0. The Labute approximate surface area is 138 Å². The third-order valence-electron chi connectivity index (χ3n) is 2.86. The summed E-state index contributed by atoms with van der Waals surface area (Å²) in [5.41, 5.74) is 0.785. The molecule has 1 aromatic carbocycles. The summed E-state index contributed by atoms with van der Waals surface area (Å²) < 4.78 is 5.89. The summed E-state index contributed by atoms with van der Waals surface area (Å²) >= 11 is 3.17. The number of anilines is 1. The van der Waals surface area contributed by atoms with Gasteiger partial charge in [-0.3, -0.25) is 4.79 Å². The number of methoxy groups -OCH3 is 1. The van der Waals surface area contributed by atoms with Gasteiger partial charge >= 0.3 is 0 Å². The molecule has 118 valence electrons. The highest BCUT2D eigenvalue weighted by atomic mass is 32.2. The minimum Gasteiger partial charge on any atom is -0.383 e. The van der Waals surface area contributed by atoms with Crippen molar-refractivity contribution >= 4 is 34.0 Å². The average Bonchev–Trinajstić information content (AvgIpc) is 3.00. The van der Waals surface area contributed by atoms with Crippen molar-refractivity contribution in [2.75, 3.05) is 31.3 Å². The minimum atomic E-state index is 0.195. The minimum absolute atomic E-state index is 0.195. The van der Waals surface area contributed by atoms with Gasteiger partial charge < -0.3 is 10.1 Å². The zero-order valence-electron chi connectivity index (χ0n) is 12.4. The van der Waals surface area contributed by atoms with Crippen molar-refractivity contribution in [1.29, 1.82) is 0 Å². The van der Waals surface area contributed by atoms with Crippen LogP contribution in [0.15, 0.2) is 34.7 Å². The average molecular weight is 337 g/mol. The number of nitrogens with one attached hydrogen (secondary N) is 1. The second-order valence-corrected chi connectivity index (χ2v) is 6.85. The van der Waals surface area contributed by atoms with Crippen LogP contribution in [0.4, 0.5) is 5.13 Å². The van der Waals surface area contributed by atoms with E-state index in [1.807, 2.05) is 30.3 Å². The van der Waals surface area contributed by atoms with Crippen LogP contribution in [0.1, 0.15) is 23.2 Å². The lowest BCUT2D eigenvalue weighted by Gasteiger charge is -2.00. The Bertz CT molecular complexity index is 575. The largest absolute Gasteiger partial charge is 0.383 e. The molecule has 5 nitrogen and oxygen atoms in total. The molecule has 0 amide bonds. The van der Waals surface area contributed by atoms with E-state index in [0.717, 1.165) is 33.8 Å². The predicted molar refractivity (Wildman–Crippen MR) is 91.0 cm³/mol. The first-order chi connectivity index (χ1) is 10.8. The smallest absolute Gasteiger partial charge is 0.206 e. The summed E-state index contributed by atoms with van der Waals surface area (Å²) in [6.45, 7) is 1.37. The van der Waals surface area contributed by atoms with Crippen molar-refractivity contribution in [3.05, 3.63) is 35.9 Å². The Hall–Kier alpha value is -1.44. The third kappa shape index (κ3) is 5.75. The number of ketones is 1. The van der Waals surface area contributed by atoms with Gasteiger partial charge in [0.1, 0.15) is 0 Å². The fourth-order valence-corrected chi connectivity index (χ4v) is 3.55. The molecule has 0 radical (unpaired) electrons. The standard InChI is InChI=1S/C15H19N3O2S2/c1-20-10-9-16-14-17-18-15(22-14)21-11-5-8-13(19)12-6-3-2-4-7-12/h2-4,6-7H,5,8-11H2,1H3,(H,16,17). The number of carbonyl (C=O) groups is 1. The van der Waals surface area contributed by atoms with Gasteiger partial charge in [0.05, 0.1) is 6.61 Å². The van der Waals surface area contributed by atoms with Gasteiger partial charge in [-0.2, -0.15) is 0 Å². The molecular weight excluding hydrogens is 318 g/mol. The van der Waals surface area contributed by atoms with Crippen LogP contribution < -0.4 is 5.32 Å². The Kier molecular flexibility index (Phi) is 7.35. The topological polar surface area (TPSA) is 64.1 Å². The summed E-state index contributed by atoms with van der Waals surface area (Å²) in [5, 5.41) is 12.1. The molecular formula is C15H19N3O2S2. The molecule has 1 N–H and O–H groups in total. The van der Waals surface area contributed by atoms with Crippen LogP contribution in [-0.2, 0) is 4.74 Å². The first-order valence-electron chi connectivity index (χ1n) is 7.07. The molecule has 0 unspecified atom stereocenters. The molecule has 2 aromatic rings. The number of ether oxygens (including phenoxy) is 1. The predicted octanol–water partition coefficient (Wildman–Crippen LogP) is 3.35. The van der Waals surface area contributed by atoms with E-state index in [2.05, 4.69) is 15.5 Å². The molecule has 0 aliphatic carbocycles. The number of carbonyl (C=O) groups excluding carboxylic acids is 1. The van der Waals surface area contributed by atoms with Crippen molar-refractivity contribution < 1.29 is 9.53 Å². The zero-order chi connectivity index (χ0) is 15.6. The number of aromatic nitrogens is 2. The molecule has 0 bridgehead atoms. The Balaban J connectivity index is 1.65. The molecule has 0 aliphatic heterocycles. The van der Waals surface area contributed by atoms with Gasteiger partial charge in [0.2, 0.25) is 5.13 Å². The highest BCUT2D eigenvalue weighted by Crippen LogP contribution is 2.26. The molecule has 22 heavy (non-hydrogen) atoms. The van der Waals surface area contributed by atoms with Gasteiger partial charge in [-0.15, -0.1) is 10.2 Å². The molecule has 0 atom stereocenters. The maximum Gasteiger partial charge on any atom is 0.206 e. The zero-order valence-corrected chi connectivity index (χ0v) is 14.1. The summed E-state index contributed by atoms with van der Waals surface area (Å²) in [6.07, 6.45) is 1.40. The van der Waals surface area contributed by atoms with E-state index in [-0.39, 0.29) is 5.78 Å². The van der Waals surface area contributed by atoms with Crippen LogP contribution >= 0.6 is 23.1 Å². The monoisotopic (exact) mass is 337 g/mol. The van der Waals surface area contributed by atoms with Gasteiger partial charge in [0.25, 0.3) is 0 Å². The molecule has 7 heteroatoms. The van der Waals surface area contributed by atoms with E-state index in [1.165, 1.54) is 11.3 Å². The fraction of sp³-hybridized carbons (Fsp3) is 0.400.